The molecular formula is C17H26N2O3. The van der Waals surface area contributed by atoms with Gasteiger partial charge < -0.3 is 19.4 Å². The number of hydrogen-bond donors (Lipinski definition) is 1. The molecule has 0 bridgehead atoms. The van der Waals surface area contributed by atoms with Crippen molar-refractivity contribution in [3.8, 4) is 0 Å². The lowest BCUT2D eigenvalue weighted by Crippen LogP contribution is -2.40. The fraction of sp³-hybridized carbons (Fsp3) is 0.588. The number of hydrogen-bond acceptors (Lipinski definition) is 4. The van der Waals surface area contributed by atoms with Gasteiger partial charge in [0.15, 0.2) is 0 Å². The summed E-state index contributed by atoms with van der Waals surface area (Å²) in [5.74, 6) is 0. The van der Waals surface area contributed by atoms with Crippen LogP contribution in [0.4, 0.5) is 4.79 Å². The van der Waals surface area contributed by atoms with Gasteiger partial charge in [-0.3, -0.25) is 0 Å². The van der Waals surface area contributed by atoms with Gasteiger partial charge in [-0.2, -0.15) is 0 Å². The van der Waals surface area contributed by atoms with Crippen LogP contribution in [0.25, 0.3) is 0 Å². The van der Waals surface area contributed by atoms with Crippen molar-refractivity contribution in [3.05, 3.63) is 35.8 Å². The second-order valence-electron chi connectivity index (χ2n) is 6.70. The number of furan rings is 1. The third-order valence-electron chi connectivity index (χ3n) is 3.63. The summed E-state index contributed by atoms with van der Waals surface area (Å²) in [5, 5.41) is 3.47. The summed E-state index contributed by atoms with van der Waals surface area (Å²) in [4.78, 5) is 13.7. The first-order valence-corrected chi connectivity index (χ1v) is 7.76. The first-order valence-electron chi connectivity index (χ1n) is 7.76. The van der Waals surface area contributed by atoms with Crippen molar-refractivity contribution in [2.45, 2.75) is 45.8 Å². The number of carbonyl (C=O) groups is 1. The number of amides is 1. The summed E-state index contributed by atoms with van der Waals surface area (Å²) < 4.78 is 10.5. The van der Waals surface area contributed by atoms with Crippen LogP contribution in [0.5, 0.6) is 0 Å². The Morgan fingerprint density at radius 1 is 1.50 bits per heavy atom. The number of carbonyl (C=O) groups excluding carboxylic acids is 1. The Balaban J connectivity index is 1.78. The van der Waals surface area contributed by atoms with Crippen LogP contribution in [0.3, 0.4) is 0 Å². The van der Waals surface area contributed by atoms with Crippen molar-refractivity contribution in [3.63, 3.8) is 0 Å². The fourth-order valence-corrected chi connectivity index (χ4v) is 2.29. The monoisotopic (exact) mass is 306 g/mol. The van der Waals surface area contributed by atoms with Gasteiger partial charge in [0.25, 0.3) is 0 Å². The fourth-order valence-electron chi connectivity index (χ4n) is 2.29. The number of rotatable bonds is 4. The van der Waals surface area contributed by atoms with Gasteiger partial charge in [0.2, 0.25) is 0 Å². The van der Waals surface area contributed by atoms with Crippen molar-refractivity contribution in [2.24, 2.45) is 0 Å². The lowest BCUT2D eigenvalue weighted by Gasteiger charge is -2.30. The van der Waals surface area contributed by atoms with Crippen LogP contribution in [0, 0.1) is 0 Å². The summed E-state index contributed by atoms with van der Waals surface area (Å²) in [7, 11) is 0. The van der Waals surface area contributed by atoms with Gasteiger partial charge in [-0.1, -0.05) is 11.6 Å². The third-order valence-corrected chi connectivity index (χ3v) is 3.63. The Bertz CT molecular complexity index is 515. The topological polar surface area (TPSA) is 54.7 Å². The summed E-state index contributed by atoms with van der Waals surface area (Å²) in [6.45, 7) is 9.93. The van der Waals surface area contributed by atoms with Gasteiger partial charge in [-0.25, -0.2) is 4.79 Å². The Morgan fingerprint density at radius 2 is 2.27 bits per heavy atom. The van der Waals surface area contributed by atoms with Gasteiger partial charge in [0.1, 0.15) is 5.60 Å². The predicted octanol–water partition coefficient (Wildman–Crippen LogP) is 3.50. The molecule has 22 heavy (non-hydrogen) atoms. The Labute approximate surface area is 132 Å². The van der Waals surface area contributed by atoms with Gasteiger partial charge >= 0.3 is 6.09 Å². The molecule has 5 heteroatoms. The standard InChI is InChI=1S/C17H26N2O3/c1-13(15-7-10-21-12-15)18-11-14-5-8-19(9-6-14)16(20)22-17(2,3)4/h5,7,10,12-13,18H,6,8-9,11H2,1-4H3. The molecule has 1 N–H and O–H groups in total. The summed E-state index contributed by atoms with van der Waals surface area (Å²) in [6.07, 6.45) is 6.21. The maximum Gasteiger partial charge on any atom is 0.410 e. The van der Waals surface area contributed by atoms with Crippen molar-refractivity contribution < 1.29 is 13.9 Å². The molecule has 0 aliphatic carbocycles. The molecule has 1 aliphatic rings. The molecule has 0 fully saturated rings. The smallest absolute Gasteiger partial charge is 0.410 e. The van der Waals surface area contributed by atoms with E-state index in [4.69, 9.17) is 9.15 Å². The van der Waals surface area contributed by atoms with E-state index in [0.29, 0.717) is 13.1 Å². The zero-order valence-electron chi connectivity index (χ0n) is 13.9. The molecule has 1 aromatic heterocycles. The SMILES string of the molecule is CC(NCC1=CCN(C(=O)OC(C)(C)C)CC1)c1ccoc1. The molecule has 0 radical (unpaired) electrons. The molecule has 1 unspecified atom stereocenters. The molecule has 0 spiro atoms. The molecule has 0 saturated carbocycles. The highest BCUT2D eigenvalue weighted by Gasteiger charge is 2.23. The first kappa shape index (κ1) is 16.6. The summed E-state index contributed by atoms with van der Waals surface area (Å²) in [5.41, 5.74) is 2.03. The van der Waals surface area contributed by atoms with E-state index in [9.17, 15) is 4.79 Å². The van der Waals surface area contributed by atoms with Gasteiger partial charge in [0.05, 0.1) is 12.5 Å². The second kappa shape index (κ2) is 7.01. The van der Waals surface area contributed by atoms with E-state index in [0.717, 1.165) is 18.5 Å². The highest BCUT2D eigenvalue weighted by Crippen LogP contribution is 2.17. The van der Waals surface area contributed by atoms with Crippen molar-refractivity contribution in [1.29, 1.82) is 0 Å². The van der Waals surface area contributed by atoms with E-state index in [1.165, 1.54) is 5.57 Å². The average molecular weight is 306 g/mol. The van der Waals surface area contributed by atoms with Crippen LogP contribution in [0.1, 0.15) is 45.7 Å². The molecule has 2 rings (SSSR count). The minimum atomic E-state index is -0.442. The first-order chi connectivity index (χ1) is 10.3. The molecule has 2 heterocycles. The molecule has 0 saturated heterocycles. The minimum absolute atomic E-state index is 0.234. The lowest BCUT2D eigenvalue weighted by atomic mass is 10.1. The Morgan fingerprint density at radius 3 is 2.82 bits per heavy atom. The van der Waals surface area contributed by atoms with E-state index in [-0.39, 0.29) is 12.1 Å². The predicted molar refractivity (Wildman–Crippen MR) is 85.6 cm³/mol. The summed E-state index contributed by atoms with van der Waals surface area (Å²) >= 11 is 0. The molecular weight excluding hydrogens is 280 g/mol. The van der Waals surface area contributed by atoms with Gasteiger partial charge in [-0.05, 0) is 40.2 Å². The molecule has 5 nitrogen and oxygen atoms in total. The molecule has 1 amide bonds. The highest BCUT2D eigenvalue weighted by atomic mass is 16.6. The van der Waals surface area contributed by atoms with Crippen LogP contribution < -0.4 is 5.32 Å². The number of nitrogens with zero attached hydrogens (tertiary/aromatic N) is 1. The van der Waals surface area contributed by atoms with Gasteiger partial charge in [0, 0.05) is 31.2 Å². The van der Waals surface area contributed by atoms with Crippen LogP contribution >= 0.6 is 0 Å². The van der Waals surface area contributed by atoms with Crippen LogP contribution in [-0.2, 0) is 4.74 Å². The molecule has 0 aromatic carbocycles. The lowest BCUT2D eigenvalue weighted by molar-refractivity contribution is 0.0265. The van der Waals surface area contributed by atoms with Crippen LogP contribution in [0.2, 0.25) is 0 Å². The maximum atomic E-state index is 12.0. The highest BCUT2D eigenvalue weighted by molar-refractivity contribution is 5.68. The maximum absolute atomic E-state index is 12.0. The third kappa shape index (κ3) is 4.91. The summed E-state index contributed by atoms with van der Waals surface area (Å²) in [6, 6.07) is 2.22. The normalized spacial score (nSPS) is 17.1. The quantitative estimate of drug-likeness (QED) is 0.865. The second-order valence-corrected chi connectivity index (χ2v) is 6.70. The van der Waals surface area contributed by atoms with Gasteiger partial charge in [-0.15, -0.1) is 0 Å². The van der Waals surface area contributed by atoms with E-state index in [1.807, 2.05) is 26.8 Å². The van der Waals surface area contributed by atoms with Crippen molar-refractivity contribution >= 4 is 6.09 Å². The van der Waals surface area contributed by atoms with Crippen LogP contribution in [0.15, 0.2) is 34.7 Å². The van der Waals surface area contributed by atoms with E-state index in [1.54, 1.807) is 17.4 Å². The van der Waals surface area contributed by atoms with Crippen molar-refractivity contribution in [2.75, 3.05) is 19.6 Å². The molecule has 1 aromatic rings. The zero-order valence-corrected chi connectivity index (χ0v) is 13.9. The van der Waals surface area contributed by atoms with E-state index >= 15 is 0 Å². The zero-order chi connectivity index (χ0) is 16.2. The minimum Gasteiger partial charge on any atom is -0.472 e. The van der Waals surface area contributed by atoms with E-state index in [2.05, 4.69) is 18.3 Å². The largest absolute Gasteiger partial charge is 0.472 e. The number of nitrogens with one attached hydrogen (secondary N) is 1. The van der Waals surface area contributed by atoms with Crippen LogP contribution in [-0.4, -0.2) is 36.2 Å². The van der Waals surface area contributed by atoms with Crippen molar-refractivity contribution in [1.82, 2.24) is 10.2 Å². The van der Waals surface area contributed by atoms with E-state index < -0.39 is 5.60 Å². The Kier molecular flexibility index (Phi) is 5.29. The molecule has 1 aliphatic heterocycles. The molecule has 1 atom stereocenters. The molecule has 122 valence electrons. The number of ether oxygens (including phenoxy) is 1. The Hall–Kier alpha value is -1.75. The average Bonchev–Trinajstić information content (AvgIpc) is 2.97.